The first-order valence-electron chi connectivity index (χ1n) is 9.32. The molecule has 0 spiro atoms. The fourth-order valence-corrected chi connectivity index (χ4v) is 4.04. The molecule has 0 radical (unpaired) electrons. The fraction of sp³-hybridized carbons (Fsp3) is 0.200. The largest absolute Gasteiger partial charge is 0.338 e. The molecule has 0 amide bonds. The van der Waals surface area contributed by atoms with Crippen LogP contribution in [0.3, 0.4) is 0 Å². The second kappa shape index (κ2) is 6.49. The van der Waals surface area contributed by atoms with Gasteiger partial charge >= 0.3 is 0 Å². The molecule has 0 aliphatic heterocycles. The summed E-state index contributed by atoms with van der Waals surface area (Å²) in [5.74, 6) is 0. The molecule has 0 saturated carbocycles. The Morgan fingerprint density at radius 3 is 1.88 bits per heavy atom. The van der Waals surface area contributed by atoms with Crippen LogP contribution in [0.4, 0.5) is 11.4 Å². The quantitative estimate of drug-likeness (QED) is 0.358. The molecule has 0 atom stereocenters. The highest BCUT2D eigenvalue weighted by atomic mass is 15.2. The highest BCUT2D eigenvalue weighted by molar-refractivity contribution is 6.13. The normalized spacial score (nSPS) is 11.4. The van der Waals surface area contributed by atoms with Gasteiger partial charge in [-0.05, 0) is 73.2 Å². The number of aryl methyl sites for hydroxylation is 2. The van der Waals surface area contributed by atoms with Crippen LogP contribution >= 0.6 is 0 Å². The van der Waals surface area contributed by atoms with E-state index >= 15 is 0 Å². The minimum atomic E-state index is 0.362. The lowest BCUT2D eigenvalue weighted by Crippen LogP contribution is -2.25. The number of fused-ring (bicyclic) bond motifs is 3. The topological polar surface area (TPSA) is 3.24 Å². The number of hydrogen-bond donors (Lipinski definition) is 0. The lowest BCUT2D eigenvalue weighted by molar-refractivity contribution is 0.791. The molecule has 1 nitrogen and oxygen atoms in total. The maximum absolute atomic E-state index is 2.47. The van der Waals surface area contributed by atoms with E-state index < -0.39 is 0 Å². The van der Waals surface area contributed by atoms with E-state index in [0.29, 0.717) is 6.04 Å². The number of nitrogens with zero attached hydrogens (tertiary/aromatic N) is 1. The van der Waals surface area contributed by atoms with E-state index in [4.69, 9.17) is 0 Å². The predicted octanol–water partition coefficient (Wildman–Crippen LogP) is 7.16. The predicted molar refractivity (Wildman–Crippen MR) is 115 cm³/mol. The van der Waals surface area contributed by atoms with E-state index in [0.717, 1.165) is 0 Å². The lowest BCUT2D eigenvalue weighted by atomic mass is 9.98. The number of hydrogen-bond acceptors (Lipinski definition) is 1. The zero-order chi connectivity index (χ0) is 18.3. The molecule has 0 saturated heterocycles. The van der Waals surface area contributed by atoms with Gasteiger partial charge in [-0.1, -0.05) is 54.6 Å². The number of rotatable bonds is 3. The third-order valence-corrected chi connectivity index (χ3v) is 5.01. The first-order chi connectivity index (χ1) is 12.5. The average molecular weight is 339 g/mol. The van der Waals surface area contributed by atoms with E-state index in [2.05, 4.69) is 105 Å². The Morgan fingerprint density at radius 2 is 1.23 bits per heavy atom. The van der Waals surface area contributed by atoms with Crippen molar-refractivity contribution in [2.75, 3.05) is 4.90 Å². The summed E-state index contributed by atoms with van der Waals surface area (Å²) >= 11 is 0. The Hall–Kier alpha value is -2.80. The molecule has 4 rings (SSSR count). The van der Waals surface area contributed by atoms with E-state index in [1.807, 2.05) is 0 Å². The first-order valence-corrected chi connectivity index (χ1v) is 9.32. The summed E-state index contributed by atoms with van der Waals surface area (Å²) in [6.07, 6.45) is 0. The molecule has 0 unspecified atom stereocenters. The Bertz CT molecular complexity index is 1070. The van der Waals surface area contributed by atoms with Crippen LogP contribution in [-0.4, -0.2) is 6.04 Å². The molecule has 0 bridgehead atoms. The minimum Gasteiger partial charge on any atom is -0.338 e. The number of anilines is 2. The molecule has 0 heterocycles. The van der Waals surface area contributed by atoms with Crippen molar-refractivity contribution in [3.05, 3.63) is 83.9 Å². The van der Waals surface area contributed by atoms with Gasteiger partial charge in [-0.25, -0.2) is 0 Å². The van der Waals surface area contributed by atoms with Crippen LogP contribution in [0.2, 0.25) is 0 Å². The second-order valence-corrected chi connectivity index (χ2v) is 7.47. The lowest BCUT2D eigenvalue weighted by Gasteiger charge is -2.31. The van der Waals surface area contributed by atoms with Crippen molar-refractivity contribution in [1.29, 1.82) is 0 Å². The van der Waals surface area contributed by atoms with Gasteiger partial charge in [0.25, 0.3) is 0 Å². The molecule has 1 heteroatoms. The standard InChI is InChI=1S/C25H25N/c1-17(2)26(21-14-18(3)13-19(4)15-21)25-16-20-9-5-6-10-22(20)23-11-7-8-12-24(23)25/h5-17H,1-4H3. The van der Waals surface area contributed by atoms with Crippen LogP contribution in [0.1, 0.15) is 25.0 Å². The van der Waals surface area contributed by atoms with Gasteiger partial charge in [0, 0.05) is 22.8 Å². The summed E-state index contributed by atoms with van der Waals surface area (Å²) in [7, 11) is 0. The van der Waals surface area contributed by atoms with E-state index in [1.54, 1.807) is 0 Å². The average Bonchev–Trinajstić information content (AvgIpc) is 2.61. The maximum Gasteiger partial charge on any atom is 0.0499 e. The molecule has 0 aliphatic carbocycles. The van der Waals surface area contributed by atoms with Gasteiger partial charge in [0.1, 0.15) is 0 Å². The van der Waals surface area contributed by atoms with E-state index in [-0.39, 0.29) is 0 Å². The Labute approximate surface area is 155 Å². The second-order valence-electron chi connectivity index (χ2n) is 7.47. The Kier molecular flexibility index (Phi) is 4.16. The van der Waals surface area contributed by atoms with Crippen LogP contribution in [-0.2, 0) is 0 Å². The summed E-state index contributed by atoms with van der Waals surface area (Å²) < 4.78 is 0. The maximum atomic E-state index is 2.47. The highest BCUT2D eigenvalue weighted by Crippen LogP contribution is 2.38. The van der Waals surface area contributed by atoms with Crippen molar-refractivity contribution in [3.8, 4) is 0 Å². The van der Waals surface area contributed by atoms with Crippen molar-refractivity contribution >= 4 is 32.9 Å². The van der Waals surface area contributed by atoms with Crippen molar-refractivity contribution in [2.45, 2.75) is 33.7 Å². The molecule has 0 aromatic heterocycles. The fourth-order valence-electron chi connectivity index (χ4n) is 4.04. The monoisotopic (exact) mass is 339 g/mol. The molecule has 0 aliphatic rings. The Morgan fingerprint density at radius 1 is 0.654 bits per heavy atom. The van der Waals surface area contributed by atoms with Crippen molar-refractivity contribution in [2.24, 2.45) is 0 Å². The Balaban J connectivity index is 2.06. The smallest absolute Gasteiger partial charge is 0.0499 e. The summed E-state index contributed by atoms with van der Waals surface area (Å²) in [6, 6.07) is 27.0. The third-order valence-electron chi connectivity index (χ3n) is 5.01. The van der Waals surface area contributed by atoms with Gasteiger partial charge in [0.15, 0.2) is 0 Å². The van der Waals surface area contributed by atoms with Crippen molar-refractivity contribution < 1.29 is 0 Å². The first kappa shape index (κ1) is 16.7. The third kappa shape index (κ3) is 2.84. The SMILES string of the molecule is Cc1cc(C)cc(N(c2cc3ccccc3c3ccccc23)C(C)C)c1. The minimum absolute atomic E-state index is 0.362. The van der Waals surface area contributed by atoms with E-state index in [1.165, 1.54) is 44.0 Å². The van der Waals surface area contributed by atoms with Crippen molar-refractivity contribution in [1.82, 2.24) is 0 Å². The highest BCUT2D eigenvalue weighted by Gasteiger charge is 2.18. The summed E-state index contributed by atoms with van der Waals surface area (Å²) in [6.45, 7) is 8.88. The van der Waals surface area contributed by atoms with Gasteiger partial charge < -0.3 is 4.90 Å². The summed E-state index contributed by atoms with van der Waals surface area (Å²) in [5, 5.41) is 5.22. The van der Waals surface area contributed by atoms with Crippen LogP contribution in [0.15, 0.2) is 72.8 Å². The van der Waals surface area contributed by atoms with Crippen LogP contribution in [0.5, 0.6) is 0 Å². The van der Waals surface area contributed by atoms with Crippen LogP contribution in [0, 0.1) is 13.8 Å². The zero-order valence-electron chi connectivity index (χ0n) is 16.0. The molecule has 26 heavy (non-hydrogen) atoms. The molecule has 130 valence electrons. The zero-order valence-corrected chi connectivity index (χ0v) is 16.0. The van der Waals surface area contributed by atoms with Gasteiger partial charge in [-0.3, -0.25) is 0 Å². The van der Waals surface area contributed by atoms with Crippen LogP contribution in [0.25, 0.3) is 21.5 Å². The van der Waals surface area contributed by atoms with Gasteiger partial charge in [0.2, 0.25) is 0 Å². The van der Waals surface area contributed by atoms with Gasteiger partial charge in [-0.15, -0.1) is 0 Å². The number of benzene rings is 4. The molecular formula is C25H25N. The molecule has 0 fully saturated rings. The van der Waals surface area contributed by atoms with E-state index in [9.17, 15) is 0 Å². The van der Waals surface area contributed by atoms with Crippen molar-refractivity contribution in [3.63, 3.8) is 0 Å². The summed E-state index contributed by atoms with van der Waals surface area (Å²) in [5.41, 5.74) is 5.14. The molecule has 0 N–H and O–H groups in total. The van der Waals surface area contributed by atoms with Crippen LogP contribution < -0.4 is 4.90 Å². The molecule has 4 aromatic carbocycles. The van der Waals surface area contributed by atoms with Gasteiger partial charge in [-0.2, -0.15) is 0 Å². The summed E-state index contributed by atoms with van der Waals surface area (Å²) in [4.78, 5) is 2.47. The molecule has 4 aromatic rings. The molecular weight excluding hydrogens is 314 g/mol. The van der Waals surface area contributed by atoms with Gasteiger partial charge in [0.05, 0.1) is 0 Å².